The monoisotopic (exact) mass is 262 g/mol. The van der Waals surface area contributed by atoms with E-state index in [1.807, 2.05) is 14.0 Å². The second-order valence-electron chi connectivity index (χ2n) is 5.54. The largest absolute Gasteiger partial charge is 0.373 e. The zero-order valence-electron chi connectivity index (χ0n) is 12.7. The molecule has 1 aliphatic heterocycles. The number of aromatic nitrogens is 2. The van der Waals surface area contributed by atoms with Crippen LogP contribution >= 0.6 is 0 Å². The summed E-state index contributed by atoms with van der Waals surface area (Å²) in [5.41, 5.74) is 1.17. The van der Waals surface area contributed by atoms with Crippen LogP contribution in [0, 0.1) is 19.8 Å². The highest BCUT2D eigenvalue weighted by Gasteiger charge is 2.22. The number of anilines is 2. The fourth-order valence-electron chi connectivity index (χ4n) is 3.01. The lowest BCUT2D eigenvalue weighted by Gasteiger charge is -2.34. The van der Waals surface area contributed by atoms with Gasteiger partial charge in [-0.1, -0.05) is 19.8 Å². The third-order valence-corrected chi connectivity index (χ3v) is 4.08. The van der Waals surface area contributed by atoms with Gasteiger partial charge < -0.3 is 10.2 Å². The highest BCUT2D eigenvalue weighted by atomic mass is 15.2. The smallest absolute Gasteiger partial charge is 0.137 e. The molecule has 0 unspecified atom stereocenters. The topological polar surface area (TPSA) is 41.1 Å². The van der Waals surface area contributed by atoms with Crippen molar-refractivity contribution < 1.29 is 0 Å². The molecule has 106 valence electrons. The maximum absolute atomic E-state index is 4.65. The number of hydrogen-bond acceptors (Lipinski definition) is 4. The van der Waals surface area contributed by atoms with Crippen LogP contribution in [0.1, 0.15) is 44.0 Å². The molecule has 0 spiro atoms. The molecule has 0 aliphatic carbocycles. The summed E-state index contributed by atoms with van der Waals surface area (Å²) in [6.07, 6.45) is 5.27. The fraction of sp³-hybridized carbons (Fsp3) is 0.733. The van der Waals surface area contributed by atoms with Gasteiger partial charge in [0.05, 0.1) is 0 Å². The Labute approximate surface area is 116 Å². The first-order valence-electron chi connectivity index (χ1n) is 7.43. The van der Waals surface area contributed by atoms with Gasteiger partial charge in [-0.2, -0.15) is 0 Å². The van der Waals surface area contributed by atoms with Crippen molar-refractivity contribution >= 4 is 11.6 Å². The maximum atomic E-state index is 4.65. The first-order valence-corrected chi connectivity index (χ1v) is 7.43. The molecular formula is C15H26N4. The van der Waals surface area contributed by atoms with Gasteiger partial charge in [-0.3, -0.25) is 0 Å². The first kappa shape index (κ1) is 14.1. The van der Waals surface area contributed by atoms with E-state index in [1.165, 1.54) is 31.2 Å². The van der Waals surface area contributed by atoms with E-state index in [2.05, 4.69) is 34.0 Å². The van der Waals surface area contributed by atoms with Crippen LogP contribution < -0.4 is 10.2 Å². The molecule has 4 heteroatoms. The molecule has 4 nitrogen and oxygen atoms in total. The molecule has 1 aromatic heterocycles. The van der Waals surface area contributed by atoms with Crippen LogP contribution in [-0.4, -0.2) is 30.1 Å². The summed E-state index contributed by atoms with van der Waals surface area (Å²) in [6, 6.07) is 0. The van der Waals surface area contributed by atoms with Gasteiger partial charge in [0.1, 0.15) is 17.5 Å². The van der Waals surface area contributed by atoms with Gasteiger partial charge in [0.15, 0.2) is 0 Å². The number of aryl methyl sites for hydroxylation is 1. The average molecular weight is 262 g/mol. The van der Waals surface area contributed by atoms with Crippen molar-refractivity contribution in [2.45, 2.75) is 46.5 Å². The molecule has 0 atom stereocenters. The highest BCUT2D eigenvalue weighted by molar-refractivity contribution is 5.58. The van der Waals surface area contributed by atoms with Gasteiger partial charge in [-0.15, -0.1) is 0 Å². The molecule has 0 radical (unpaired) electrons. The van der Waals surface area contributed by atoms with Gasteiger partial charge in [-0.05, 0) is 32.6 Å². The Hall–Kier alpha value is -1.32. The lowest BCUT2D eigenvalue weighted by atomic mass is 9.92. The van der Waals surface area contributed by atoms with Crippen LogP contribution in [0.5, 0.6) is 0 Å². The predicted molar refractivity (Wildman–Crippen MR) is 80.9 cm³/mol. The minimum Gasteiger partial charge on any atom is -0.373 e. The molecule has 0 saturated carbocycles. The molecule has 1 saturated heterocycles. The van der Waals surface area contributed by atoms with E-state index in [9.17, 15) is 0 Å². The fourth-order valence-corrected chi connectivity index (χ4v) is 3.01. The van der Waals surface area contributed by atoms with E-state index in [0.717, 1.165) is 36.5 Å². The summed E-state index contributed by atoms with van der Waals surface area (Å²) in [7, 11) is 1.92. The number of rotatable bonds is 4. The second kappa shape index (κ2) is 6.22. The normalized spacial score (nSPS) is 16.7. The Morgan fingerprint density at radius 2 is 1.89 bits per heavy atom. The maximum Gasteiger partial charge on any atom is 0.137 e. The highest BCUT2D eigenvalue weighted by Crippen LogP contribution is 2.29. The molecule has 19 heavy (non-hydrogen) atoms. The van der Waals surface area contributed by atoms with Gasteiger partial charge >= 0.3 is 0 Å². The third-order valence-electron chi connectivity index (χ3n) is 4.08. The molecular weight excluding hydrogens is 236 g/mol. The molecule has 0 aromatic carbocycles. The quantitative estimate of drug-likeness (QED) is 0.905. The Morgan fingerprint density at radius 1 is 1.21 bits per heavy atom. The summed E-state index contributed by atoms with van der Waals surface area (Å²) in [6.45, 7) is 8.62. The Morgan fingerprint density at radius 3 is 2.47 bits per heavy atom. The van der Waals surface area contributed by atoms with Gasteiger partial charge in [0.2, 0.25) is 0 Å². The molecule has 0 bridgehead atoms. The van der Waals surface area contributed by atoms with Crippen LogP contribution in [0.2, 0.25) is 0 Å². The standard InChI is InChI=1S/C15H26N4/c1-5-6-13-7-9-19(10-8-13)15-11(2)14(16-4)17-12(3)18-15/h13H,5-10H2,1-4H3,(H,16,17,18). The van der Waals surface area contributed by atoms with Crippen LogP contribution in [0.3, 0.4) is 0 Å². The molecule has 1 aromatic rings. The third kappa shape index (κ3) is 3.17. The summed E-state index contributed by atoms with van der Waals surface area (Å²) in [5.74, 6) is 3.83. The number of nitrogens with zero attached hydrogens (tertiary/aromatic N) is 3. The summed E-state index contributed by atoms with van der Waals surface area (Å²) >= 11 is 0. The zero-order chi connectivity index (χ0) is 13.8. The first-order chi connectivity index (χ1) is 9.15. The predicted octanol–water partition coefficient (Wildman–Crippen LogP) is 3.15. The molecule has 1 aliphatic rings. The summed E-state index contributed by atoms with van der Waals surface area (Å²) in [5, 5.41) is 3.17. The van der Waals surface area contributed by atoms with E-state index < -0.39 is 0 Å². The minimum absolute atomic E-state index is 0.848. The Bertz CT molecular complexity index is 422. The summed E-state index contributed by atoms with van der Waals surface area (Å²) in [4.78, 5) is 11.5. The zero-order valence-corrected chi connectivity index (χ0v) is 12.7. The van der Waals surface area contributed by atoms with Gasteiger partial charge in [-0.25, -0.2) is 9.97 Å². The van der Waals surface area contributed by atoms with Crippen molar-refractivity contribution in [1.29, 1.82) is 0 Å². The minimum atomic E-state index is 0.848. The van der Waals surface area contributed by atoms with Crippen LogP contribution in [-0.2, 0) is 0 Å². The molecule has 0 amide bonds. The van der Waals surface area contributed by atoms with Crippen molar-refractivity contribution in [2.75, 3.05) is 30.4 Å². The Kier molecular flexibility index (Phi) is 4.61. The average Bonchev–Trinajstić information content (AvgIpc) is 2.42. The van der Waals surface area contributed by atoms with Crippen molar-refractivity contribution in [3.63, 3.8) is 0 Å². The van der Waals surface area contributed by atoms with Crippen molar-refractivity contribution in [3.05, 3.63) is 11.4 Å². The van der Waals surface area contributed by atoms with Crippen LogP contribution in [0.4, 0.5) is 11.6 Å². The van der Waals surface area contributed by atoms with Crippen LogP contribution in [0.25, 0.3) is 0 Å². The molecule has 2 rings (SSSR count). The van der Waals surface area contributed by atoms with Crippen molar-refractivity contribution in [3.8, 4) is 0 Å². The van der Waals surface area contributed by atoms with E-state index in [-0.39, 0.29) is 0 Å². The number of piperidine rings is 1. The van der Waals surface area contributed by atoms with E-state index in [1.54, 1.807) is 0 Å². The van der Waals surface area contributed by atoms with Crippen molar-refractivity contribution in [1.82, 2.24) is 9.97 Å². The molecule has 2 heterocycles. The lowest BCUT2D eigenvalue weighted by molar-refractivity contribution is 0.377. The van der Waals surface area contributed by atoms with Crippen LogP contribution in [0.15, 0.2) is 0 Å². The van der Waals surface area contributed by atoms with Crippen molar-refractivity contribution in [2.24, 2.45) is 5.92 Å². The SMILES string of the molecule is CCCC1CCN(c2nc(C)nc(NC)c2C)CC1. The van der Waals surface area contributed by atoms with Gasteiger partial charge in [0.25, 0.3) is 0 Å². The van der Waals surface area contributed by atoms with E-state index in [0.29, 0.717) is 0 Å². The number of nitrogens with one attached hydrogen (secondary N) is 1. The molecule has 1 fully saturated rings. The van der Waals surface area contributed by atoms with E-state index >= 15 is 0 Å². The van der Waals surface area contributed by atoms with Gasteiger partial charge in [0, 0.05) is 25.7 Å². The second-order valence-corrected chi connectivity index (χ2v) is 5.54. The molecule has 1 N–H and O–H groups in total. The van der Waals surface area contributed by atoms with E-state index in [4.69, 9.17) is 0 Å². The summed E-state index contributed by atoms with van der Waals surface area (Å²) < 4.78 is 0. The lowest BCUT2D eigenvalue weighted by Crippen LogP contribution is -2.35. The number of hydrogen-bond donors (Lipinski definition) is 1. The Balaban J connectivity index is 2.13.